The predicted molar refractivity (Wildman–Crippen MR) is 76.4 cm³/mol. The Kier molecular flexibility index (Phi) is 2.73. The van der Waals surface area contributed by atoms with Gasteiger partial charge in [-0.05, 0) is 36.2 Å². The Balaban J connectivity index is 2.21. The molecule has 0 saturated heterocycles. The first-order chi connectivity index (χ1) is 8.84. The first-order valence-corrected chi connectivity index (χ1v) is 6.14. The van der Waals surface area contributed by atoms with Gasteiger partial charge in [0.25, 0.3) is 0 Å². The summed E-state index contributed by atoms with van der Waals surface area (Å²) in [7, 11) is 0. The van der Waals surface area contributed by atoms with Crippen molar-refractivity contribution in [2.24, 2.45) is 0 Å². The van der Waals surface area contributed by atoms with E-state index in [4.69, 9.17) is 0 Å². The summed E-state index contributed by atoms with van der Waals surface area (Å²) in [6.45, 7) is 2.13. The maximum Gasteiger partial charge on any atom is 0.0460 e. The van der Waals surface area contributed by atoms with Crippen molar-refractivity contribution in [1.82, 2.24) is 4.98 Å². The van der Waals surface area contributed by atoms with Gasteiger partial charge in [0.1, 0.15) is 0 Å². The molecule has 2 aromatic carbocycles. The first-order valence-electron chi connectivity index (χ1n) is 6.14. The number of aromatic nitrogens is 1. The van der Waals surface area contributed by atoms with Crippen molar-refractivity contribution in [3.63, 3.8) is 0 Å². The zero-order valence-corrected chi connectivity index (χ0v) is 10.4. The fraction of sp³-hybridized carbons (Fsp3) is 0.0588. The van der Waals surface area contributed by atoms with E-state index in [1.165, 1.54) is 22.3 Å². The van der Waals surface area contributed by atoms with E-state index in [2.05, 4.69) is 60.4 Å². The standard InChI is InChI=1S/C17H15N/c1-13-9-10-15(14-6-3-2-4-7-14)16(12-13)17-8-5-11-18-17/h2-12,18H,1H3. The molecule has 0 spiro atoms. The third-order valence-corrected chi connectivity index (χ3v) is 3.15. The Hall–Kier alpha value is -2.28. The first kappa shape index (κ1) is 10.8. The maximum atomic E-state index is 3.29. The Bertz CT molecular complexity index is 637. The Morgan fingerprint density at radius 1 is 0.778 bits per heavy atom. The monoisotopic (exact) mass is 233 g/mol. The zero-order valence-electron chi connectivity index (χ0n) is 10.4. The molecule has 0 unspecified atom stereocenters. The van der Waals surface area contributed by atoms with Crippen LogP contribution in [0.15, 0.2) is 66.9 Å². The molecule has 1 N–H and O–H groups in total. The predicted octanol–water partition coefficient (Wildman–Crippen LogP) is 4.66. The molecule has 18 heavy (non-hydrogen) atoms. The number of hydrogen-bond donors (Lipinski definition) is 1. The second-order valence-corrected chi connectivity index (χ2v) is 4.50. The Morgan fingerprint density at radius 2 is 1.61 bits per heavy atom. The van der Waals surface area contributed by atoms with E-state index in [-0.39, 0.29) is 0 Å². The van der Waals surface area contributed by atoms with E-state index in [1.807, 2.05) is 18.3 Å². The van der Waals surface area contributed by atoms with Crippen LogP contribution in [0.25, 0.3) is 22.4 Å². The summed E-state index contributed by atoms with van der Waals surface area (Å²) >= 11 is 0. The second kappa shape index (κ2) is 4.53. The van der Waals surface area contributed by atoms with Crippen LogP contribution in [0.3, 0.4) is 0 Å². The van der Waals surface area contributed by atoms with Crippen LogP contribution >= 0.6 is 0 Å². The Morgan fingerprint density at radius 3 is 2.33 bits per heavy atom. The van der Waals surface area contributed by atoms with Crippen LogP contribution in [-0.2, 0) is 0 Å². The lowest BCUT2D eigenvalue weighted by Crippen LogP contribution is -1.86. The van der Waals surface area contributed by atoms with Crippen molar-refractivity contribution in [2.75, 3.05) is 0 Å². The van der Waals surface area contributed by atoms with Gasteiger partial charge in [0, 0.05) is 17.5 Å². The highest BCUT2D eigenvalue weighted by Gasteiger charge is 2.07. The van der Waals surface area contributed by atoms with Gasteiger partial charge in [0.15, 0.2) is 0 Å². The average molecular weight is 233 g/mol. The van der Waals surface area contributed by atoms with E-state index in [1.54, 1.807) is 0 Å². The van der Waals surface area contributed by atoms with Gasteiger partial charge in [-0.1, -0.05) is 48.0 Å². The quantitative estimate of drug-likeness (QED) is 0.662. The highest BCUT2D eigenvalue weighted by Crippen LogP contribution is 2.31. The van der Waals surface area contributed by atoms with E-state index in [9.17, 15) is 0 Å². The van der Waals surface area contributed by atoms with Gasteiger partial charge in [0.2, 0.25) is 0 Å². The number of aryl methyl sites for hydroxylation is 1. The van der Waals surface area contributed by atoms with Gasteiger partial charge in [0.05, 0.1) is 0 Å². The lowest BCUT2D eigenvalue weighted by molar-refractivity contribution is 1.38. The van der Waals surface area contributed by atoms with E-state index < -0.39 is 0 Å². The molecule has 1 aromatic heterocycles. The summed E-state index contributed by atoms with van der Waals surface area (Å²) in [4.78, 5) is 3.29. The molecule has 0 atom stereocenters. The third kappa shape index (κ3) is 1.95. The molecule has 3 rings (SSSR count). The number of benzene rings is 2. The largest absolute Gasteiger partial charge is 0.361 e. The van der Waals surface area contributed by atoms with E-state index in [0.717, 1.165) is 5.69 Å². The average Bonchev–Trinajstić information content (AvgIpc) is 2.93. The molecule has 0 aliphatic heterocycles. The van der Waals surface area contributed by atoms with Gasteiger partial charge in [-0.15, -0.1) is 0 Å². The lowest BCUT2D eigenvalue weighted by Gasteiger charge is -2.09. The van der Waals surface area contributed by atoms with Gasteiger partial charge in [-0.2, -0.15) is 0 Å². The molecule has 0 fully saturated rings. The highest BCUT2D eigenvalue weighted by atomic mass is 14.7. The fourth-order valence-electron chi connectivity index (χ4n) is 2.25. The molecule has 0 bridgehead atoms. The van der Waals surface area contributed by atoms with Crippen LogP contribution in [0.5, 0.6) is 0 Å². The van der Waals surface area contributed by atoms with Gasteiger partial charge < -0.3 is 4.98 Å². The number of hydrogen-bond acceptors (Lipinski definition) is 0. The van der Waals surface area contributed by atoms with Crippen molar-refractivity contribution in [1.29, 1.82) is 0 Å². The number of rotatable bonds is 2. The summed E-state index contributed by atoms with van der Waals surface area (Å²) in [5, 5.41) is 0. The van der Waals surface area contributed by atoms with Crippen molar-refractivity contribution in [2.45, 2.75) is 6.92 Å². The fourth-order valence-corrected chi connectivity index (χ4v) is 2.25. The van der Waals surface area contributed by atoms with Crippen molar-refractivity contribution in [3.05, 3.63) is 72.4 Å². The normalized spacial score (nSPS) is 10.5. The summed E-state index contributed by atoms with van der Waals surface area (Å²) in [5.41, 5.74) is 6.22. The summed E-state index contributed by atoms with van der Waals surface area (Å²) in [6, 6.07) is 21.2. The maximum absolute atomic E-state index is 3.29. The van der Waals surface area contributed by atoms with E-state index >= 15 is 0 Å². The van der Waals surface area contributed by atoms with Crippen LogP contribution in [0.2, 0.25) is 0 Å². The number of aromatic amines is 1. The summed E-state index contributed by atoms with van der Waals surface area (Å²) in [6.07, 6.45) is 1.96. The van der Waals surface area contributed by atoms with Gasteiger partial charge in [-0.3, -0.25) is 0 Å². The molecule has 0 aliphatic carbocycles. The second-order valence-electron chi connectivity index (χ2n) is 4.50. The summed E-state index contributed by atoms with van der Waals surface area (Å²) < 4.78 is 0. The zero-order chi connectivity index (χ0) is 12.4. The third-order valence-electron chi connectivity index (χ3n) is 3.15. The van der Waals surface area contributed by atoms with Crippen LogP contribution in [-0.4, -0.2) is 4.98 Å². The van der Waals surface area contributed by atoms with Crippen LogP contribution in [0.4, 0.5) is 0 Å². The van der Waals surface area contributed by atoms with Gasteiger partial charge in [-0.25, -0.2) is 0 Å². The number of H-pyrrole nitrogens is 1. The molecule has 0 aliphatic rings. The minimum absolute atomic E-state index is 1.16. The van der Waals surface area contributed by atoms with E-state index in [0.29, 0.717) is 0 Å². The van der Waals surface area contributed by atoms with Gasteiger partial charge >= 0.3 is 0 Å². The SMILES string of the molecule is Cc1ccc(-c2ccccc2)c(-c2ccc[nH]2)c1. The minimum atomic E-state index is 1.16. The smallest absolute Gasteiger partial charge is 0.0460 e. The van der Waals surface area contributed by atoms with Crippen molar-refractivity contribution in [3.8, 4) is 22.4 Å². The van der Waals surface area contributed by atoms with Crippen LogP contribution in [0, 0.1) is 6.92 Å². The summed E-state index contributed by atoms with van der Waals surface area (Å²) in [5.74, 6) is 0. The molecule has 0 radical (unpaired) electrons. The molecule has 1 heterocycles. The molecule has 88 valence electrons. The van der Waals surface area contributed by atoms with Crippen molar-refractivity contribution < 1.29 is 0 Å². The minimum Gasteiger partial charge on any atom is -0.361 e. The molecule has 1 nitrogen and oxygen atoms in total. The molecular formula is C17H15N. The lowest BCUT2D eigenvalue weighted by atomic mass is 9.96. The van der Waals surface area contributed by atoms with Crippen molar-refractivity contribution >= 4 is 0 Å². The Labute approximate surface area is 107 Å². The van der Waals surface area contributed by atoms with Crippen LogP contribution in [0.1, 0.15) is 5.56 Å². The highest BCUT2D eigenvalue weighted by molar-refractivity contribution is 5.82. The molecular weight excluding hydrogens is 218 g/mol. The molecule has 1 heteroatoms. The number of nitrogens with one attached hydrogen (secondary N) is 1. The van der Waals surface area contributed by atoms with Crippen LogP contribution < -0.4 is 0 Å². The molecule has 0 amide bonds. The topological polar surface area (TPSA) is 15.8 Å². The molecule has 0 saturated carbocycles. The molecule has 3 aromatic rings.